The minimum atomic E-state index is -3.92. The van der Waals surface area contributed by atoms with Gasteiger partial charge < -0.3 is 10.6 Å². The number of carbonyl (C=O) groups is 2. The Balaban J connectivity index is 2.05. The van der Waals surface area contributed by atoms with Crippen LogP contribution in [-0.2, 0) is 14.8 Å². The van der Waals surface area contributed by atoms with Gasteiger partial charge in [0, 0.05) is 15.7 Å². The van der Waals surface area contributed by atoms with Crippen LogP contribution in [-0.4, -0.2) is 26.8 Å². The van der Waals surface area contributed by atoms with Crippen LogP contribution in [0.3, 0.4) is 0 Å². The van der Waals surface area contributed by atoms with Crippen LogP contribution in [0.2, 0.25) is 0 Å². The molecule has 2 aromatic carbocycles. The van der Waals surface area contributed by atoms with Crippen LogP contribution in [0.5, 0.6) is 0 Å². The Morgan fingerprint density at radius 3 is 2.38 bits per heavy atom. The number of halogens is 1. The molecule has 9 heteroatoms. The van der Waals surface area contributed by atoms with Crippen LogP contribution >= 0.6 is 15.9 Å². The van der Waals surface area contributed by atoms with Crippen LogP contribution < -0.4 is 15.8 Å². The van der Waals surface area contributed by atoms with Crippen molar-refractivity contribution in [2.75, 3.05) is 11.9 Å². The first-order valence-electron chi connectivity index (χ1n) is 7.55. The van der Waals surface area contributed by atoms with E-state index in [2.05, 4.69) is 26.6 Å². The first-order chi connectivity index (χ1) is 12.1. The Labute approximate surface area is 160 Å². The Morgan fingerprint density at radius 2 is 1.77 bits per heavy atom. The predicted octanol–water partition coefficient (Wildman–Crippen LogP) is 2.08. The van der Waals surface area contributed by atoms with Gasteiger partial charge >= 0.3 is 0 Å². The van der Waals surface area contributed by atoms with Gasteiger partial charge in [0.2, 0.25) is 15.9 Å². The van der Waals surface area contributed by atoms with E-state index < -0.39 is 21.8 Å². The molecule has 0 aliphatic heterocycles. The normalized spacial score (nSPS) is 11.1. The molecule has 2 aromatic rings. The monoisotopic (exact) mass is 439 g/mol. The molecule has 0 aromatic heterocycles. The first kappa shape index (κ1) is 20.1. The van der Waals surface area contributed by atoms with Gasteiger partial charge in [-0.3, -0.25) is 9.59 Å². The lowest BCUT2D eigenvalue weighted by Crippen LogP contribution is -2.33. The second-order valence-electron chi connectivity index (χ2n) is 5.71. The van der Waals surface area contributed by atoms with Crippen molar-refractivity contribution in [2.24, 2.45) is 5.14 Å². The second-order valence-corrected chi connectivity index (χ2v) is 8.19. The average molecular weight is 440 g/mol. The number of hydrogen-bond donors (Lipinski definition) is 3. The Hall–Kier alpha value is -2.23. The molecule has 0 atom stereocenters. The summed E-state index contributed by atoms with van der Waals surface area (Å²) in [6.07, 6.45) is 0. The van der Waals surface area contributed by atoms with Crippen molar-refractivity contribution in [2.45, 2.75) is 18.7 Å². The largest absolute Gasteiger partial charge is 0.343 e. The van der Waals surface area contributed by atoms with E-state index in [-0.39, 0.29) is 17.0 Å². The molecule has 0 unspecified atom stereocenters. The molecule has 7 nitrogen and oxygen atoms in total. The highest BCUT2D eigenvalue weighted by atomic mass is 79.9. The third kappa shape index (κ3) is 5.13. The van der Waals surface area contributed by atoms with Crippen LogP contribution in [0.4, 0.5) is 5.69 Å². The molecule has 4 N–H and O–H groups in total. The lowest BCUT2D eigenvalue weighted by molar-refractivity contribution is -0.115. The van der Waals surface area contributed by atoms with E-state index in [1.54, 1.807) is 19.1 Å². The maximum atomic E-state index is 12.3. The van der Waals surface area contributed by atoms with E-state index in [0.717, 1.165) is 10.0 Å². The van der Waals surface area contributed by atoms with Crippen molar-refractivity contribution < 1.29 is 18.0 Å². The number of nitrogens with two attached hydrogens (primary N) is 1. The number of anilines is 1. The van der Waals surface area contributed by atoms with Crippen LogP contribution in [0.15, 0.2) is 45.8 Å². The molecule has 138 valence electrons. The van der Waals surface area contributed by atoms with Gasteiger partial charge in [-0.1, -0.05) is 22.0 Å². The summed E-state index contributed by atoms with van der Waals surface area (Å²) in [5.74, 6) is -0.959. The Kier molecular flexibility index (Phi) is 6.17. The second kappa shape index (κ2) is 7.98. The van der Waals surface area contributed by atoms with E-state index in [9.17, 15) is 18.0 Å². The number of primary sulfonamides is 1. The number of hydrogen-bond acceptors (Lipinski definition) is 4. The fourth-order valence-electron chi connectivity index (χ4n) is 2.24. The van der Waals surface area contributed by atoms with Crippen molar-refractivity contribution in [3.8, 4) is 0 Å². The molecule has 0 saturated heterocycles. The third-order valence-corrected chi connectivity index (χ3v) is 5.06. The smallest absolute Gasteiger partial charge is 0.252 e. The zero-order valence-electron chi connectivity index (χ0n) is 14.2. The standard InChI is InChI=1S/C17H18BrN3O4S/c1-10-3-5-13(26(19,24)25)8-14(10)17(23)20-9-16(22)21-15-6-4-12(18)7-11(15)2/h3-8H,9H2,1-2H3,(H,20,23)(H,21,22)(H2,19,24,25). The van der Waals surface area contributed by atoms with Crippen LogP contribution in [0.1, 0.15) is 21.5 Å². The molecule has 0 saturated carbocycles. The highest BCUT2D eigenvalue weighted by Gasteiger charge is 2.15. The number of carbonyl (C=O) groups excluding carboxylic acids is 2. The summed E-state index contributed by atoms with van der Waals surface area (Å²) in [7, 11) is -3.92. The molecule has 0 radical (unpaired) electrons. The molecule has 0 bridgehead atoms. The Bertz CT molecular complexity index is 974. The maximum Gasteiger partial charge on any atom is 0.252 e. The Morgan fingerprint density at radius 1 is 1.08 bits per heavy atom. The van der Waals surface area contributed by atoms with Crippen molar-refractivity contribution in [3.63, 3.8) is 0 Å². The maximum absolute atomic E-state index is 12.3. The number of aryl methyl sites for hydroxylation is 2. The molecule has 0 fully saturated rings. The third-order valence-electron chi connectivity index (χ3n) is 3.65. The topological polar surface area (TPSA) is 118 Å². The van der Waals surface area contributed by atoms with Crippen LogP contribution in [0.25, 0.3) is 0 Å². The van der Waals surface area contributed by atoms with E-state index in [4.69, 9.17) is 5.14 Å². The molecule has 26 heavy (non-hydrogen) atoms. The molecule has 2 amide bonds. The highest BCUT2D eigenvalue weighted by Crippen LogP contribution is 2.20. The fourth-order valence-corrected chi connectivity index (χ4v) is 3.26. The summed E-state index contributed by atoms with van der Waals surface area (Å²) in [5.41, 5.74) is 2.22. The summed E-state index contributed by atoms with van der Waals surface area (Å²) >= 11 is 3.34. The SMILES string of the molecule is Cc1cc(Br)ccc1NC(=O)CNC(=O)c1cc(S(N)(=O)=O)ccc1C. The van der Waals surface area contributed by atoms with Gasteiger partial charge in [-0.05, 0) is 55.3 Å². The van der Waals surface area contributed by atoms with Gasteiger partial charge in [0.1, 0.15) is 0 Å². The lowest BCUT2D eigenvalue weighted by atomic mass is 10.1. The summed E-state index contributed by atoms with van der Waals surface area (Å²) < 4.78 is 23.7. The summed E-state index contributed by atoms with van der Waals surface area (Å²) in [4.78, 5) is 24.2. The summed E-state index contributed by atoms with van der Waals surface area (Å²) in [6, 6.07) is 9.40. The van der Waals surface area contributed by atoms with Gasteiger partial charge in [0.05, 0.1) is 11.4 Å². The minimum absolute atomic E-state index is 0.143. The molecule has 2 rings (SSSR count). The minimum Gasteiger partial charge on any atom is -0.343 e. The highest BCUT2D eigenvalue weighted by molar-refractivity contribution is 9.10. The summed E-state index contributed by atoms with van der Waals surface area (Å²) in [5, 5.41) is 10.3. The van der Waals surface area contributed by atoms with E-state index >= 15 is 0 Å². The van der Waals surface area contributed by atoms with Gasteiger partial charge in [-0.25, -0.2) is 13.6 Å². The van der Waals surface area contributed by atoms with E-state index in [1.165, 1.54) is 18.2 Å². The van der Waals surface area contributed by atoms with Crippen molar-refractivity contribution in [3.05, 3.63) is 57.6 Å². The number of nitrogens with one attached hydrogen (secondary N) is 2. The number of amides is 2. The predicted molar refractivity (Wildman–Crippen MR) is 102 cm³/mol. The van der Waals surface area contributed by atoms with Crippen molar-refractivity contribution in [1.82, 2.24) is 5.32 Å². The molecule has 0 aliphatic carbocycles. The van der Waals surface area contributed by atoms with Crippen LogP contribution in [0, 0.1) is 13.8 Å². The molecular formula is C17H18BrN3O4S. The molecule has 0 heterocycles. The molecular weight excluding hydrogens is 422 g/mol. The fraction of sp³-hybridized carbons (Fsp3) is 0.176. The van der Waals surface area contributed by atoms with Gasteiger partial charge in [0.25, 0.3) is 5.91 Å². The molecule has 0 spiro atoms. The summed E-state index contributed by atoms with van der Waals surface area (Å²) in [6.45, 7) is 3.25. The van der Waals surface area contributed by atoms with Gasteiger partial charge in [0.15, 0.2) is 0 Å². The average Bonchev–Trinajstić information content (AvgIpc) is 2.54. The lowest BCUT2D eigenvalue weighted by Gasteiger charge is -2.11. The number of benzene rings is 2. The quantitative estimate of drug-likeness (QED) is 0.660. The first-order valence-corrected chi connectivity index (χ1v) is 9.89. The van der Waals surface area contributed by atoms with E-state index in [0.29, 0.717) is 11.3 Å². The van der Waals surface area contributed by atoms with Crippen molar-refractivity contribution in [1.29, 1.82) is 0 Å². The number of rotatable bonds is 5. The van der Waals surface area contributed by atoms with E-state index in [1.807, 2.05) is 13.0 Å². The molecule has 0 aliphatic rings. The van der Waals surface area contributed by atoms with Crippen molar-refractivity contribution >= 4 is 43.5 Å². The zero-order valence-corrected chi connectivity index (χ0v) is 16.6. The number of sulfonamides is 1. The zero-order chi connectivity index (χ0) is 19.5. The van der Waals surface area contributed by atoms with Gasteiger partial charge in [-0.2, -0.15) is 0 Å². The van der Waals surface area contributed by atoms with Gasteiger partial charge in [-0.15, -0.1) is 0 Å².